The van der Waals surface area contributed by atoms with E-state index in [-0.39, 0.29) is 4.83 Å². The zero-order valence-electron chi connectivity index (χ0n) is 12.2. The van der Waals surface area contributed by atoms with Gasteiger partial charge in [-0.05, 0) is 42.7 Å². The van der Waals surface area contributed by atoms with Gasteiger partial charge in [-0.3, -0.25) is 0 Å². The SMILES string of the molecule is CCOc1cc(Cl)c(C(Br)C2CCCC2(C)C)cc1Cl. The van der Waals surface area contributed by atoms with Crippen LogP contribution in [0.2, 0.25) is 10.0 Å². The van der Waals surface area contributed by atoms with Crippen LogP contribution in [0.5, 0.6) is 5.75 Å². The fraction of sp³-hybridized carbons (Fsp3) is 0.625. The first kappa shape index (κ1) is 16.5. The average Bonchev–Trinajstić information content (AvgIpc) is 2.72. The first-order chi connectivity index (χ1) is 9.36. The van der Waals surface area contributed by atoms with E-state index in [2.05, 4.69) is 29.8 Å². The maximum absolute atomic E-state index is 6.43. The summed E-state index contributed by atoms with van der Waals surface area (Å²) in [5, 5.41) is 1.36. The van der Waals surface area contributed by atoms with E-state index in [4.69, 9.17) is 27.9 Å². The van der Waals surface area contributed by atoms with Crippen molar-refractivity contribution >= 4 is 39.1 Å². The van der Waals surface area contributed by atoms with E-state index in [0.29, 0.717) is 28.7 Å². The third-order valence-electron chi connectivity index (χ3n) is 4.34. The van der Waals surface area contributed by atoms with Gasteiger partial charge < -0.3 is 4.74 Å². The molecule has 0 aromatic heterocycles. The van der Waals surface area contributed by atoms with Crippen molar-refractivity contribution in [2.45, 2.75) is 44.9 Å². The summed E-state index contributed by atoms with van der Waals surface area (Å²) in [7, 11) is 0. The van der Waals surface area contributed by atoms with Crippen molar-refractivity contribution in [3.8, 4) is 5.75 Å². The van der Waals surface area contributed by atoms with E-state index < -0.39 is 0 Å². The summed E-state index contributed by atoms with van der Waals surface area (Å²) in [4.78, 5) is 0.237. The molecule has 0 aliphatic heterocycles. The zero-order chi connectivity index (χ0) is 14.9. The molecular formula is C16H21BrCl2O. The van der Waals surface area contributed by atoms with Crippen LogP contribution in [-0.2, 0) is 0 Å². The van der Waals surface area contributed by atoms with Crippen LogP contribution in [0.3, 0.4) is 0 Å². The molecule has 0 heterocycles. The predicted octanol–water partition coefficient (Wildman–Crippen LogP) is 6.65. The molecule has 1 aliphatic rings. The van der Waals surface area contributed by atoms with E-state index in [1.54, 1.807) is 0 Å². The highest BCUT2D eigenvalue weighted by atomic mass is 79.9. The normalized spacial score (nSPS) is 22.8. The zero-order valence-corrected chi connectivity index (χ0v) is 15.3. The van der Waals surface area contributed by atoms with Crippen LogP contribution < -0.4 is 4.74 Å². The fourth-order valence-electron chi connectivity index (χ4n) is 3.13. The highest BCUT2D eigenvalue weighted by Crippen LogP contribution is 2.53. The third kappa shape index (κ3) is 3.28. The molecule has 2 unspecified atom stereocenters. The molecule has 0 radical (unpaired) electrons. The van der Waals surface area contributed by atoms with Crippen molar-refractivity contribution in [2.24, 2.45) is 11.3 Å². The van der Waals surface area contributed by atoms with Crippen molar-refractivity contribution < 1.29 is 4.74 Å². The number of alkyl halides is 1. The Labute approximate surface area is 140 Å². The minimum Gasteiger partial charge on any atom is -0.492 e. The highest BCUT2D eigenvalue weighted by Gasteiger charge is 2.39. The lowest BCUT2D eigenvalue weighted by Crippen LogP contribution is -2.21. The Bertz CT molecular complexity index is 488. The molecule has 1 aliphatic carbocycles. The second-order valence-corrected chi connectivity index (χ2v) is 7.93. The molecule has 1 fully saturated rings. The summed E-state index contributed by atoms with van der Waals surface area (Å²) in [5.74, 6) is 1.24. The van der Waals surface area contributed by atoms with E-state index in [1.165, 1.54) is 19.3 Å². The third-order valence-corrected chi connectivity index (χ3v) is 6.10. The van der Waals surface area contributed by atoms with Crippen LogP contribution in [0.15, 0.2) is 12.1 Å². The minimum atomic E-state index is 0.237. The van der Waals surface area contributed by atoms with Gasteiger partial charge in [0.1, 0.15) is 5.75 Å². The second kappa shape index (κ2) is 6.46. The van der Waals surface area contributed by atoms with Gasteiger partial charge in [-0.15, -0.1) is 0 Å². The summed E-state index contributed by atoms with van der Waals surface area (Å²) >= 11 is 16.6. The van der Waals surface area contributed by atoms with Crippen molar-refractivity contribution in [2.75, 3.05) is 6.61 Å². The first-order valence-corrected chi connectivity index (χ1v) is 8.79. The van der Waals surface area contributed by atoms with Gasteiger partial charge in [0, 0.05) is 15.9 Å². The van der Waals surface area contributed by atoms with E-state index in [1.807, 2.05) is 19.1 Å². The quantitative estimate of drug-likeness (QED) is 0.531. The molecular weight excluding hydrogens is 359 g/mol. The first-order valence-electron chi connectivity index (χ1n) is 7.12. The fourth-order valence-corrected chi connectivity index (χ4v) is 5.12. The summed E-state index contributed by atoms with van der Waals surface area (Å²) in [6.45, 7) is 7.20. The Hall–Kier alpha value is 0.0800. The highest BCUT2D eigenvalue weighted by molar-refractivity contribution is 9.09. The molecule has 1 aromatic carbocycles. The molecule has 1 nitrogen and oxygen atoms in total. The predicted molar refractivity (Wildman–Crippen MR) is 90.4 cm³/mol. The molecule has 4 heteroatoms. The second-order valence-electron chi connectivity index (χ2n) is 6.13. The van der Waals surface area contributed by atoms with Gasteiger partial charge in [0.15, 0.2) is 0 Å². The smallest absolute Gasteiger partial charge is 0.139 e. The topological polar surface area (TPSA) is 9.23 Å². The average molecular weight is 380 g/mol. The van der Waals surface area contributed by atoms with Crippen LogP contribution in [-0.4, -0.2) is 6.61 Å². The van der Waals surface area contributed by atoms with Gasteiger partial charge in [-0.25, -0.2) is 0 Å². The molecule has 0 bridgehead atoms. The number of ether oxygens (including phenoxy) is 1. The van der Waals surface area contributed by atoms with Gasteiger partial charge in [0.25, 0.3) is 0 Å². The Morgan fingerprint density at radius 2 is 2.05 bits per heavy atom. The largest absolute Gasteiger partial charge is 0.492 e. The van der Waals surface area contributed by atoms with Crippen LogP contribution >= 0.6 is 39.1 Å². The molecule has 112 valence electrons. The van der Waals surface area contributed by atoms with E-state index in [9.17, 15) is 0 Å². The molecule has 0 N–H and O–H groups in total. The molecule has 2 atom stereocenters. The van der Waals surface area contributed by atoms with Crippen LogP contribution in [0.1, 0.15) is 50.4 Å². The number of hydrogen-bond acceptors (Lipinski definition) is 1. The summed E-state index contributed by atoms with van der Waals surface area (Å²) < 4.78 is 5.49. The van der Waals surface area contributed by atoms with Gasteiger partial charge in [-0.2, -0.15) is 0 Å². The van der Waals surface area contributed by atoms with Crippen molar-refractivity contribution in [1.82, 2.24) is 0 Å². The van der Waals surface area contributed by atoms with Gasteiger partial charge in [-0.1, -0.05) is 59.4 Å². The number of halogens is 3. The lowest BCUT2D eigenvalue weighted by atomic mass is 9.78. The monoisotopic (exact) mass is 378 g/mol. The Morgan fingerprint density at radius 3 is 2.60 bits per heavy atom. The molecule has 20 heavy (non-hydrogen) atoms. The maximum Gasteiger partial charge on any atom is 0.139 e. The molecule has 2 rings (SSSR count). The molecule has 1 aromatic rings. The number of benzene rings is 1. The molecule has 1 saturated carbocycles. The summed E-state index contributed by atoms with van der Waals surface area (Å²) in [6, 6.07) is 3.78. The lowest BCUT2D eigenvalue weighted by molar-refractivity contribution is 0.257. The Kier molecular flexibility index (Phi) is 5.31. The van der Waals surface area contributed by atoms with E-state index >= 15 is 0 Å². The Balaban J connectivity index is 2.31. The molecule has 0 spiro atoms. The van der Waals surface area contributed by atoms with Gasteiger partial charge in [0.05, 0.1) is 11.6 Å². The van der Waals surface area contributed by atoms with Crippen LogP contribution in [0.4, 0.5) is 0 Å². The van der Waals surface area contributed by atoms with Gasteiger partial charge in [0.2, 0.25) is 0 Å². The summed E-state index contributed by atoms with van der Waals surface area (Å²) in [5.41, 5.74) is 1.41. The number of hydrogen-bond donors (Lipinski definition) is 0. The van der Waals surface area contributed by atoms with E-state index in [0.717, 1.165) is 10.6 Å². The minimum absolute atomic E-state index is 0.237. The van der Waals surface area contributed by atoms with Crippen LogP contribution in [0.25, 0.3) is 0 Å². The molecule has 0 saturated heterocycles. The lowest BCUT2D eigenvalue weighted by Gasteiger charge is -2.32. The Morgan fingerprint density at radius 1 is 1.35 bits per heavy atom. The maximum atomic E-state index is 6.43. The van der Waals surface area contributed by atoms with Crippen molar-refractivity contribution in [1.29, 1.82) is 0 Å². The standard InChI is InChI=1S/C16H21BrCl2O/c1-4-20-14-9-12(18)10(8-13(14)19)15(17)11-6-5-7-16(11,2)3/h8-9,11,15H,4-7H2,1-3H3. The van der Waals surface area contributed by atoms with Crippen LogP contribution in [0, 0.1) is 11.3 Å². The number of rotatable bonds is 4. The molecule has 0 amide bonds. The van der Waals surface area contributed by atoms with Crippen molar-refractivity contribution in [3.05, 3.63) is 27.7 Å². The van der Waals surface area contributed by atoms with Crippen molar-refractivity contribution in [3.63, 3.8) is 0 Å². The van der Waals surface area contributed by atoms with Gasteiger partial charge >= 0.3 is 0 Å². The summed E-state index contributed by atoms with van der Waals surface area (Å²) in [6.07, 6.45) is 3.77.